The second kappa shape index (κ2) is 6.82. The summed E-state index contributed by atoms with van der Waals surface area (Å²) in [5.41, 5.74) is 3.22. The zero-order chi connectivity index (χ0) is 14.5. The van der Waals surface area contributed by atoms with E-state index in [0.29, 0.717) is 5.75 Å². The quantitative estimate of drug-likeness (QED) is 0.839. The highest BCUT2D eigenvalue weighted by Crippen LogP contribution is 2.30. The number of methoxy groups -OCH3 is 1. The van der Waals surface area contributed by atoms with Gasteiger partial charge in [0, 0.05) is 16.2 Å². The zero-order valence-electron chi connectivity index (χ0n) is 12.1. The zero-order valence-corrected chi connectivity index (χ0v) is 12.9. The molecular formula is C17H20O2S. The van der Waals surface area contributed by atoms with Gasteiger partial charge in [0.1, 0.15) is 5.75 Å². The van der Waals surface area contributed by atoms with E-state index in [-0.39, 0.29) is 0 Å². The van der Waals surface area contributed by atoms with Crippen LogP contribution in [0, 0.1) is 13.8 Å². The molecule has 20 heavy (non-hydrogen) atoms. The molecule has 1 N–H and O–H groups in total. The molecule has 2 aromatic carbocycles. The first-order chi connectivity index (χ1) is 9.60. The minimum atomic E-state index is -0.531. The first kappa shape index (κ1) is 14.9. The first-order valence-corrected chi connectivity index (χ1v) is 7.61. The standard InChI is InChI=1S/C17H20O2S/c1-12-4-7-14(8-5-12)20-11-16(18)15-10-13(2)6-9-17(15)19-3/h4-10,16,18H,11H2,1-3H3. The maximum Gasteiger partial charge on any atom is 0.124 e. The van der Waals surface area contributed by atoms with Gasteiger partial charge in [-0.15, -0.1) is 11.8 Å². The predicted octanol–water partition coefficient (Wildman–Crippen LogP) is 4.14. The summed E-state index contributed by atoms with van der Waals surface area (Å²) in [6, 6.07) is 14.2. The number of thioether (sulfide) groups is 1. The van der Waals surface area contributed by atoms with Gasteiger partial charge in [-0.3, -0.25) is 0 Å². The number of rotatable bonds is 5. The van der Waals surface area contributed by atoms with Gasteiger partial charge in [0.15, 0.2) is 0 Å². The van der Waals surface area contributed by atoms with Crippen molar-refractivity contribution < 1.29 is 9.84 Å². The van der Waals surface area contributed by atoms with Gasteiger partial charge in [0.05, 0.1) is 13.2 Å². The Morgan fingerprint density at radius 2 is 1.70 bits per heavy atom. The number of ether oxygens (including phenoxy) is 1. The third kappa shape index (κ3) is 3.78. The monoisotopic (exact) mass is 288 g/mol. The lowest BCUT2D eigenvalue weighted by atomic mass is 10.1. The second-order valence-electron chi connectivity index (χ2n) is 4.89. The van der Waals surface area contributed by atoms with Crippen molar-refractivity contribution in [1.82, 2.24) is 0 Å². The minimum absolute atomic E-state index is 0.531. The molecule has 0 amide bonds. The molecule has 0 aliphatic rings. The summed E-state index contributed by atoms with van der Waals surface area (Å²) < 4.78 is 5.32. The molecule has 1 atom stereocenters. The van der Waals surface area contributed by atoms with E-state index in [9.17, 15) is 5.11 Å². The molecule has 0 fully saturated rings. The van der Waals surface area contributed by atoms with Gasteiger partial charge in [-0.25, -0.2) is 0 Å². The van der Waals surface area contributed by atoms with E-state index >= 15 is 0 Å². The lowest BCUT2D eigenvalue weighted by Crippen LogP contribution is -2.03. The van der Waals surface area contributed by atoms with Crippen LogP contribution in [-0.4, -0.2) is 18.0 Å². The second-order valence-corrected chi connectivity index (χ2v) is 5.98. The van der Waals surface area contributed by atoms with E-state index in [4.69, 9.17) is 4.74 Å². The van der Waals surface area contributed by atoms with Crippen molar-refractivity contribution in [3.05, 3.63) is 59.2 Å². The van der Waals surface area contributed by atoms with Gasteiger partial charge < -0.3 is 9.84 Å². The van der Waals surface area contributed by atoms with E-state index < -0.39 is 6.10 Å². The number of hydrogen-bond acceptors (Lipinski definition) is 3. The van der Waals surface area contributed by atoms with E-state index in [0.717, 1.165) is 16.9 Å². The maximum absolute atomic E-state index is 10.4. The number of hydrogen-bond donors (Lipinski definition) is 1. The molecule has 0 saturated heterocycles. The van der Waals surface area contributed by atoms with Crippen LogP contribution in [0.15, 0.2) is 47.4 Å². The summed E-state index contributed by atoms with van der Waals surface area (Å²) in [4.78, 5) is 1.17. The van der Waals surface area contributed by atoms with Gasteiger partial charge in [-0.05, 0) is 38.1 Å². The van der Waals surface area contributed by atoms with Crippen molar-refractivity contribution in [3.63, 3.8) is 0 Å². The number of aliphatic hydroxyl groups is 1. The molecule has 1 unspecified atom stereocenters. The van der Waals surface area contributed by atoms with Crippen molar-refractivity contribution in [2.75, 3.05) is 12.9 Å². The third-order valence-corrected chi connectivity index (χ3v) is 4.26. The highest BCUT2D eigenvalue weighted by molar-refractivity contribution is 7.99. The van der Waals surface area contributed by atoms with E-state index in [1.807, 2.05) is 25.1 Å². The molecule has 0 saturated carbocycles. The van der Waals surface area contributed by atoms with Crippen molar-refractivity contribution in [2.24, 2.45) is 0 Å². The Bertz CT molecular complexity index is 564. The fraction of sp³-hybridized carbons (Fsp3) is 0.294. The SMILES string of the molecule is COc1ccc(C)cc1C(O)CSc1ccc(C)cc1. The van der Waals surface area contributed by atoms with Crippen molar-refractivity contribution in [1.29, 1.82) is 0 Å². The van der Waals surface area contributed by atoms with Crippen LogP contribution in [0.1, 0.15) is 22.8 Å². The van der Waals surface area contributed by atoms with E-state index in [1.54, 1.807) is 18.9 Å². The van der Waals surface area contributed by atoms with E-state index in [1.165, 1.54) is 10.5 Å². The summed E-state index contributed by atoms with van der Waals surface area (Å²) in [5.74, 6) is 1.36. The van der Waals surface area contributed by atoms with Crippen LogP contribution >= 0.6 is 11.8 Å². The highest BCUT2D eigenvalue weighted by atomic mass is 32.2. The summed E-state index contributed by atoms with van der Waals surface area (Å²) in [5, 5.41) is 10.4. The highest BCUT2D eigenvalue weighted by Gasteiger charge is 2.13. The van der Waals surface area contributed by atoms with Gasteiger partial charge >= 0.3 is 0 Å². The number of aliphatic hydroxyl groups excluding tert-OH is 1. The number of aryl methyl sites for hydroxylation is 2. The van der Waals surface area contributed by atoms with Crippen LogP contribution in [0.2, 0.25) is 0 Å². The molecule has 0 radical (unpaired) electrons. The Kier molecular flexibility index (Phi) is 5.10. The molecule has 0 aliphatic heterocycles. The lowest BCUT2D eigenvalue weighted by molar-refractivity contribution is 0.199. The summed E-state index contributed by atoms with van der Waals surface area (Å²) in [6.45, 7) is 4.09. The van der Waals surface area contributed by atoms with Gasteiger partial charge in [-0.2, -0.15) is 0 Å². The van der Waals surface area contributed by atoms with E-state index in [2.05, 4.69) is 31.2 Å². The van der Waals surface area contributed by atoms with Gasteiger partial charge in [0.2, 0.25) is 0 Å². The maximum atomic E-state index is 10.4. The molecule has 0 bridgehead atoms. The fourth-order valence-corrected chi connectivity index (χ4v) is 2.87. The van der Waals surface area contributed by atoms with Crippen molar-refractivity contribution in [3.8, 4) is 5.75 Å². The van der Waals surface area contributed by atoms with Crippen molar-refractivity contribution in [2.45, 2.75) is 24.8 Å². The summed E-state index contributed by atoms with van der Waals surface area (Å²) in [7, 11) is 1.63. The molecule has 2 aromatic rings. The average molecular weight is 288 g/mol. The fourth-order valence-electron chi connectivity index (χ4n) is 2.01. The largest absolute Gasteiger partial charge is 0.496 e. The minimum Gasteiger partial charge on any atom is -0.496 e. The molecule has 0 aliphatic carbocycles. The molecular weight excluding hydrogens is 268 g/mol. The Labute approximate surface area is 124 Å². The Hall–Kier alpha value is -1.45. The van der Waals surface area contributed by atoms with Crippen molar-refractivity contribution >= 4 is 11.8 Å². The van der Waals surface area contributed by atoms with Crippen LogP contribution in [-0.2, 0) is 0 Å². The van der Waals surface area contributed by atoms with Crippen LogP contribution in [0.5, 0.6) is 5.75 Å². The smallest absolute Gasteiger partial charge is 0.124 e. The first-order valence-electron chi connectivity index (χ1n) is 6.62. The molecule has 3 heteroatoms. The summed E-state index contributed by atoms with van der Waals surface area (Å²) in [6.07, 6.45) is -0.531. The van der Waals surface area contributed by atoms with Crippen LogP contribution in [0.4, 0.5) is 0 Å². The topological polar surface area (TPSA) is 29.5 Å². The predicted molar refractivity (Wildman–Crippen MR) is 84.6 cm³/mol. The molecule has 2 nitrogen and oxygen atoms in total. The third-order valence-electron chi connectivity index (χ3n) is 3.17. The van der Waals surface area contributed by atoms with Gasteiger partial charge in [0.25, 0.3) is 0 Å². The van der Waals surface area contributed by atoms with Crippen LogP contribution < -0.4 is 4.74 Å². The molecule has 0 spiro atoms. The molecule has 0 aromatic heterocycles. The molecule has 0 heterocycles. The normalized spacial score (nSPS) is 12.2. The van der Waals surface area contributed by atoms with Crippen LogP contribution in [0.3, 0.4) is 0 Å². The Balaban J connectivity index is 2.06. The lowest BCUT2D eigenvalue weighted by Gasteiger charge is -2.15. The Morgan fingerprint density at radius 3 is 2.35 bits per heavy atom. The Morgan fingerprint density at radius 1 is 1.05 bits per heavy atom. The average Bonchev–Trinajstić information content (AvgIpc) is 2.46. The molecule has 106 valence electrons. The van der Waals surface area contributed by atoms with Gasteiger partial charge in [-0.1, -0.05) is 29.3 Å². The number of benzene rings is 2. The summed E-state index contributed by atoms with van der Waals surface area (Å²) >= 11 is 1.65. The van der Waals surface area contributed by atoms with Crippen LogP contribution in [0.25, 0.3) is 0 Å². The molecule has 2 rings (SSSR count).